The first-order valence-electron chi connectivity index (χ1n) is 8.81. The average molecular weight is 423 g/mol. The first-order chi connectivity index (χ1) is 13.4. The van der Waals surface area contributed by atoms with Gasteiger partial charge >= 0.3 is 0 Å². The van der Waals surface area contributed by atoms with Gasteiger partial charge in [-0.1, -0.05) is 23.2 Å². The molecule has 1 aliphatic heterocycles. The Morgan fingerprint density at radius 3 is 2.32 bits per heavy atom. The minimum Gasteiger partial charge on any atom is -0.457 e. The van der Waals surface area contributed by atoms with Crippen molar-refractivity contribution in [2.24, 2.45) is 9.98 Å². The Hall–Kier alpha value is -1.92. The lowest BCUT2D eigenvalue weighted by atomic mass is 10.1. The van der Waals surface area contributed by atoms with Gasteiger partial charge in [-0.25, -0.2) is 0 Å². The second kappa shape index (κ2) is 10.6. The number of benzene rings is 2. The number of halogens is 2. The van der Waals surface area contributed by atoms with Crippen LogP contribution < -0.4 is 4.74 Å². The third kappa shape index (κ3) is 6.31. The Morgan fingerprint density at radius 1 is 1.14 bits per heavy atom. The molecule has 1 fully saturated rings. The van der Waals surface area contributed by atoms with Gasteiger partial charge in [-0.05, 0) is 63.2 Å². The number of aliphatic imine (C=N–C) groups is 2. The molecule has 0 aliphatic carbocycles. The molecule has 0 bridgehead atoms. The SMILES string of the molecule is CC1COC(C)(c2ccc(Oc3ccc(Cl)cc3)cc2Cl)O1.CC=NC=NC. The minimum absolute atomic E-state index is 0.0473. The molecule has 28 heavy (non-hydrogen) atoms. The van der Waals surface area contributed by atoms with Crippen molar-refractivity contribution in [1.29, 1.82) is 0 Å². The first kappa shape index (κ1) is 22.4. The molecule has 0 spiro atoms. The van der Waals surface area contributed by atoms with Crippen molar-refractivity contribution in [3.63, 3.8) is 0 Å². The summed E-state index contributed by atoms with van der Waals surface area (Å²) in [5.41, 5.74) is 0.793. The van der Waals surface area contributed by atoms with E-state index in [-0.39, 0.29) is 6.10 Å². The highest BCUT2D eigenvalue weighted by molar-refractivity contribution is 6.31. The third-order valence-corrected chi connectivity index (χ3v) is 4.39. The molecule has 150 valence electrons. The largest absolute Gasteiger partial charge is 0.457 e. The summed E-state index contributed by atoms with van der Waals surface area (Å²) >= 11 is 12.2. The van der Waals surface area contributed by atoms with Gasteiger partial charge < -0.3 is 14.2 Å². The van der Waals surface area contributed by atoms with E-state index >= 15 is 0 Å². The fourth-order valence-corrected chi connectivity index (χ4v) is 3.04. The fourth-order valence-electron chi connectivity index (χ4n) is 2.57. The normalized spacial score (nSPS) is 21.7. The lowest BCUT2D eigenvalue weighted by Crippen LogP contribution is -2.23. The van der Waals surface area contributed by atoms with Gasteiger partial charge in [0.2, 0.25) is 0 Å². The van der Waals surface area contributed by atoms with E-state index in [1.165, 1.54) is 6.34 Å². The Bertz CT molecular complexity index is 815. The summed E-state index contributed by atoms with van der Waals surface area (Å²) in [7, 11) is 1.69. The van der Waals surface area contributed by atoms with Gasteiger partial charge in [0.25, 0.3) is 0 Å². The Labute approximate surface area is 176 Å². The van der Waals surface area contributed by atoms with Crippen molar-refractivity contribution >= 4 is 35.8 Å². The van der Waals surface area contributed by atoms with Gasteiger partial charge in [0.05, 0.1) is 17.7 Å². The summed E-state index contributed by atoms with van der Waals surface area (Å²) in [6.07, 6.45) is 3.23. The van der Waals surface area contributed by atoms with E-state index in [9.17, 15) is 0 Å². The smallest absolute Gasteiger partial charge is 0.193 e. The van der Waals surface area contributed by atoms with Crippen LogP contribution in [0.3, 0.4) is 0 Å². The number of hydrogen-bond donors (Lipinski definition) is 0. The quantitative estimate of drug-likeness (QED) is 0.439. The van der Waals surface area contributed by atoms with E-state index in [1.54, 1.807) is 43.6 Å². The topological polar surface area (TPSA) is 52.4 Å². The molecular weight excluding hydrogens is 399 g/mol. The highest BCUT2D eigenvalue weighted by Gasteiger charge is 2.38. The predicted octanol–water partition coefficient (Wildman–Crippen LogP) is 6.13. The molecule has 0 aromatic heterocycles. The van der Waals surface area contributed by atoms with Crippen molar-refractivity contribution < 1.29 is 14.2 Å². The monoisotopic (exact) mass is 422 g/mol. The average Bonchev–Trinajstić information content (AvgIpc) is 3.02. The zero-order valence-corrected chi connectivity index (χ0v) is 17.9. The van der Waals surface area contributed by atoms with E-state index in [0.717, 1.165) is 5.56 Å². The van der Waals surface area contributed by atoms with Crippen LogP contribution in [0.25, 0.3) is 0 Å². The summed E-state index contributed by atoms with van der Waals surface area (Å²) in [5, 5.41) is 1.21. The van der Waals surface area contributed by atoms with E-state index in [2.05, 4.69) is 9.98 Å². The molecule has 1 aliphatic rings. The molecule has 5 nitrogen and oxygen atoms in total. The summed E-state index contributed by atoms with van der Waals surface area (Å²) in [4.78, 5) is 7.28. The molecular formula is C21H24Cl2N2O3. The van der Waals surface area contributed by atoms with Crippen LogP contribution in [0.5, 0.6) is 11.5 Å². The van der Waals surface area contributed by atoms with Gasteiger partial charge in [-0.3, -0.25) is 9.98 Å². The van der Waals surface area contributed by atoms with Crippen molar-refractivity contribution in [3.05, 3.63) is 58.1 Å². The van der Waals surface area contributed by atoms with Gasteiger partial charge in [-0.2, -0.15) is 0 Å². The van der Waals surface area contributed by atoms with Gasteiger partial charge in [0.1, 0.15) is 17.8 Å². The molecule has 2 aromatic rings. The molecule has 2 atom stereocenters. The zero-order valence-electron chi connectivity index (χ0n) is 16.4. The third-order valence-electron chi connectivity index (χ3n) is 3.83. The molecule has 2 aromatic carbocycles. The molecule has 3 rings (SSSR count). The lowest BCUT2D eigenvalue weighted by molar-refractivity contribution is -0.159. The van der Waals surface area contributed by atoms with Gasteiger partial charge in [0.15, 0.2) is 5.79 Å². The molecule has 1 saturated heterocycles. The molecule has 1 heterocycles. The second-order valence-electron chi connectivity index (χ2n) is 6.16. The van der Waals surface area contributed by atoms with E-state index in [1.807, 2.05) is 32.9 Å². The number of ether oxygens (including phenoxy) is 3. The fraction of sp³-hybridized carbons (Fsp3) is 0.333. The summed E-state index contributed by atoms with van der Waals surface area (Å²) in [6.45, 7) is 6.24. The van der Waals surface area contributed by atoms with Crippen LogP contribution in [-0.2, 0) is 15.3 Å². The molecule has 0 amide bonds. The molecule has 2 unspecified atom stereocenters. The number of rotatable bonds is 4. The summed E-state index contributed by atoms with van der Waals surface area (Å²) < 4.78 is 17.3. The van der Waals surface area contributed by atoms with Gasteiger partial charge in [0, 0.05) is 23.8 Å². The van der Waals surface area contributed by atoms with Crippen LogP contribution in [0.15, 0.2) is 52.4 Å². The van der Waals surface area contributed by atoms with E-state index < -0.39 is 5.79 Å². The van der Waals surface area contributed by atoms with Crippen LogP contribution in [0, 0.1) is 0 Å². The Kier molecular flexibility index (Phi) is 8.45. The number of nitrogens with zero attached hydrogens (tertiary/aromatic N) is 2. The number of hydrogen-bond acceptors (Lipinski definition) is 4. The molecule has 0 saturated carbocycles. The maximum Gasteiger partial charge on any atom is 0.193 e. The van der Waals surface area contributed by atoms with Crippen molar-refractivity contribution in [2.45, 2.75) is 32.7 Å². The minimum atomic E-state index is -0.810. The maximum atomic E-state index is 6.38. The van der Waals surface area contributed by atoms with Crippen LogP contribution >= 0.6 is 23.2 Å². The maximum absolute atomic E-state index is 6.38. The second-order valence-corrected chi connectivity index (χ2v) is 7.01. The lowest BCUT2D eigenvalue weighted by Gasteiger charge is -2.24. The standard InChI is InChI=1S/C17H16Cl2O3.C4H8N2/c1-11-10-20-17(2,22-11)15-8-7-14(9-16(15)19)21-13-5-3-12(18)4-6-13;1-3-6-4-5-2/h3-9,11H,10H2,1-2H3;3-4H,1-2H3. The Balaban J connectivity index is 0.000000409. The van der Waals surface area contributed by atoms with Crippen LogP contribution in [0.1, 0.15) is 26.3 Å². The van der Waals surface area contributed by atoms with E-state index in [4.69, 9.17) is 37.4 Å². The van der Waals surface area contributed by atoms with Gasteiger partial charge in [-0.15, -0.1) is 0 Å². The molecule has 0 N–H and O–H groups in total. The Morgan fingerprint density at radius 2 is 1.82 bits per heavy atom. The summed E-state index contributed by atoms with van der Waals surface area (Å²) in [6, 6.07) is 12.6. The van der Waals surface area contributed by atoms with Crippen molar-refractivity contribution in [3.8, 4) is 11.5 Å². The zero-order chi connectivity index (χ0) is 20.6. The van der Waals surface area contributed by atoms with E-state index in [0.29, 0.717) is 28.2 Å². The highest BCUT2D eigenvalue weighted by Crippen LogP contribution is 2.39. The molecule has 7 heteroatoms. The highest BCUT2D eigenvalue weighted by atomic mass is 35.5. The molecule has 0 radical (unpaired) electrons. The first-order valence-corrected chi connectivity index (χ1v) is 9.57. The van der Waals surface area contributed by atoms with Crippen molar-refractivity contribution in [1.82, 2.24) is 0 Å². The van der Waals surface area contributed by atoms with Crippen LogP contribution in [-0.4, -0.2) is 32.3 Å². The predicted molar refractivity (Wildman–Crippen MR) is 115 cm³/mol. The van der Waals surface area contributed by atoms with Crippen LogP contribution in [0.2, 0.25) is 10.0 Å². The van der Waals surface area contributed by atoms with Crippen molar-refractivity contribution in [2.75, 3.05) is 13.7 Å². The summed E-state index contributed by atoms with van der Waals surface area (Å²) in [5.74, 6) is 0.530. The van der Waals surface area contributed by atoms with Crippen LogP contribution in [0.4, 0.5) is 0 Å².